The van der Waals surface area contributed by atoms with Crippen LogP contribution in [0.4, 0.5) is 4.39 Å². The highest BCUT2D eigenvalue weighted by molar-refractivity contribution is 9.10. The average molecular weight is 343 g/mol. The Bertz CT molecular complexity index is 607. The Balaban J connectivity index is 2.21. The first-order chi connectivity index (χ1) is 9.27. The average Bonchev–Trinajstić information content (AvgIpc) is 2.76. The molecule has 2 aromatic rings. The van der Waals surface area contributed by atoms with Gasteiger partial charge in [-0.3, -0.25) is 0 Å². The van der Waals surface area contributed by atoms with Gasteiger partial charge in [0.05, 0.1) is 12.5 Å². The molecular weight excluding hydrogens is 327 g/mol. The minimum atomic E-state index is -0.576. The second kappa shape index (κ2) is 5.61. The molecule has 0 saturated heterocycles. The van der Waals surface area contributed by atoms with Gasteiger partial charge in [-0.15, -0.1) is 0 Å². The fraction of sp³-hybridized carbons (Fsp3) is 0.429. The highest BCUT2D eigenvalue weighted by Gasteiger charge is 2.25. The molecule has 0 bridgehead atoms. The number of aromatic nitrogens is 2. The van der Waals surface area contributed by atoms with E-state index in [1.165, 1.54) is 12.1 Å². The molecule has 1 aromatic carbocycles. The minimum Gasteiger partial charge on any atom is -0.392 e. The predicted molar refractivity (Wildman–Crippen MR) is 76.6 cm³/mol. The highest BCUT2D eigenvalue weighted by Crippen LogP contribution is 2.27. The van der Waals surface area contributed by atoms with Crippen molar-refractivity contribution in [3.8, 4) is 11.4 Å². The van der Waals surface area contributed by atoms with Crippen LogP contribution in [0, 0.1) is 11.2 Å². The van der Waals surface area contributed by atoms with Gasteiger partial charge in [-0.1, -0.05) is 25.9 Å². The van der Waals surface area contributed by atoms with E-state index in [-0.39, 0.29) is 17.7 Å². The van der Waals surface area contributed by atoms with Gasteiger partial charge in [0.1, 0.15) is 5.82 Å². The third-order valence-electron chi connectivity index (χ3n) is 3.01. The Morgan fingerprint density at radius 2 is 2.10 bits per heavy atom. The van der Waals surface area contributed by atoms with E-state index in [1.54, 1.807) is 6.07 Å². The summed E-state index contributed by atoms with van der Waals surface area (Å²) in [6.45, 7) is 5.81. The number of aliphatic hydroxyl groups is 1. The van der Waals surface area contributed by atoms with Crippen LogP contribution in [-0.2, 0) is 6.42 Å². The lowest BCUT2D eigenvalue weighted by Gasteiger charge is -2.24. The number of nitrogens with zero attached hydrogens (tertiary/aromatic N) is 2. The molecule has 0 amide bonds. The summed E-state index contributed by atoms with van der Waals surface area (Å²) in [5.74, 6) is 0.388. The Hall–Kier alpha value is -1.27. The van der Waals surface area contributed by atoms with Gasteiger partial charge in [0, 0.05) is 10.0 Å². The number of hydrogen-bond acceptors (Lipinski definition) is 4. The van der Waals surface area contributed by atoms with Crippen molar-refractivity contribution >= 4 is 15.9 Å². The maximum atomic E-state index is 13.0. The lowest BCUT2D eigenvalue weighted by atomic mass is 9.87. The van der Waals surface area contributed by atoms with Gasteiger partial charge in [-0.05, 0) is 39.5 Å². The molecule has 0 fully saturated rings. The third-order valence-corrected chi connectivity index (χ3v) is 3.66. The standard InChI is InChI=1S/C14H16BrFN2O2/c1-14(2,3)11(19)7-12-17-13(18-20-12)9-5-4-8(16)6-10(9)15/h4-6,11,19H,7H2,1-3H3. The predicted octanol–water partition coefficient (Wildman–Crippen LogP) is 3.59. The molecule has 108 valence electrons. The molecule has 6 heteroatoms. The normalized spacial score (nSPS) is 13.5. The quantitative estimate of drug-likeness (QED) is 0.925. The van der Waals surface area contributed by atoms with Crippen molar-refractivity contribution in [2.45, 2.75) is 33.3 Å². The lowest BCUT2D eigenvalue weighted by molar-refractivity contribution is 0.0565. The summed E-state index contributed by atoms with van der Waals surface area (Å²) in [5.41, 5.74) is 0.386. The molecule has 0 radical (unpaired) electrons. The number of hydrogen-bond donors (Lipinski definition) is 1. The summed E-state index contributed by atoms with van der Waals surface area (Å²) in [6, 6.07) is 4.25. The van der Waals surface area contributed by atoms with Gasteiger partial charge in [-0.2, -0.15) is 4.98 Å². The Morgan fingerprint density at radius 1 is 1.40 bits per heavy atom. The van der Waals surface area contributed by atoms with Gasteiger partial charge in [-0.25, -0.2) is 4.39 Å². The highest BCUT2D eigenvalue weighted by atomic mass is 79.9. The van der Waals surface area contributed by atoms with Crippen LogP contribution in [0.1, 0.15) is 26.7 Å². The molecular formula is C14H16BrFN2O2. The molecule has 0 spiro atoms. The summed E-state index contributed by atoms with van der Waals surface area (Å²) >= 11 is 3.26. The molecule has 0 saturated carbocycles. The van der Waals surface area contributed by atoms with Crippen molar-refractivity contribution in [3.05, 3.63) is 34.4 Å². The second-order valence-electron chi connectivity index (χ2n) is 5.72. The van der Waals surface area contributed by atoms with E-state index in [9.17, 15) is 9.50 Å². The van der Waals surface area contributed by atoms with Crippen LogP contribution in [0.3, 0.4) is 0 Å². The second-order valence-corrected chi connectivity index (χ2v) is 6.58. The van der Waals surface area contributed by atoms with Gasteiger partial charge >= 0.3 is 0 Å². The first-order valence-corrected chi connectivity index (χ1v) is 7.03. The molecule has 1 unspecified atom stereocenters. The Morgan fingerprint density at radius 3 is 2.70 bits per heavy atom. The van der Waals surface area contributed by atoms with E-state index in [1.807, 2.05) is 20.8 Å². The van der Waals surface area contributed by atoms with Crippen LogP contribution < -0.4 is 0 Å². The van der Waals surface area contributed by atoms with E-state index in [0.29, 0.717) is 21.8 Å². The monoisotopic (exact) mass is 342 g/mol. The first-order valence-electron chi connectivity index (χ1n) is 6.23. The topological polar surface area (TPSA) is 59.2 Å². The van der Waals surface area contributed by atoms with Crippen LogP contribution in [0.15, 0.2) is 27.2 Å². The minimum absolute atomic E-state index is 0.259. The third kappa shape index (κ3) is 3.43. The van der Waals surface area contributed by atoms with Crippen molar-refractivity contribution in [1.29, 1.82) is 0 Å². The maximum Gasteiger partial charge on any atom is 0.229 e. The zero-order valence-corrected chi connectivity index (χ0v) is 13.1. The number of rotatable bonds is 3. The Kier molecular flexibility index (Phi) is 4.25. The number of aliphatic hydroxyl groups excluding tert-OH is 1. The van der Waals surface area contributed by atoms with Gasteiger partial charge in [0.25, 0.3) is 0 Å². The number of halogens is 2. The van der Waals surface area contributed by atoms with E-state index in [2.05, 4.69) is 26.1 Å². The van der Waals surface area contributed by atoms with Crippen molar-refractivity contribution in [1.82, 2.24) is 10.1 Å². The fourth-order valence-corrected chi connectivity index (χ4v) is 2.12. The summed E-state index contributed by atoms with van der Waals surface area (Å²) in [4.78, 5) is 4.23. The molecule has 20 heavy (non-hydrogen) atoms. The summed E-state index contributed by atoms with van der Waals surface area (Å²) in [6.07, 6.45) is -0.289. The summed E-state index contributed by atoms with van der Waals surface area (Å²) in [5, 5.41) is 13.9. The van der Waals surface area contributed by atoms with Gasteiger partial charge in [0.15, 0.2) is 0 Å². The van der Waals surface area contributed by atoms with Crippen LogP contribution in [-0.4, -0.2) is 21.4 Å². The van der Waals surface area contributed by atoms with Gasteiger partial charge < -0.3 is 9.63 Å². The Labute approximate surface area is 125 Å². The molecule has 1 atom stereocenters. The van der Waals surface area contributed by atoms with Crippen molar-refractivity contribution < 1.29 is 14.0 Å². The van der Waals surface area contributed by atoms with Crippen LogP contribution in [0.25, 0.3) is 11.4 Å². The zero-order valence-electron chi connectivity index (χ0n) is 11.5. The maximum absolute atomic E-state index is 13.0. The smallest absolute Gasteiger partial charge is 0.229 e. The summed E-state index contributed by atoms with van der Waals surface area (Å²) in [7, 11) is 0. The lowest BCUT2D eigenvalue weighted by Crippen LogP contribution is -2.28. The molecule has 0 aliphatic carbocycles. The molecule has 1 aromatic heterocycles. The van der Waals surface area contributed by atoms with E-state index in [0.717, 1.165) is 0 Å². The van der Waals surface area contributed by atoms with Crippen LogP contribution >= 0.6 is 15.9 Å². The SMILES string of the molecule is CC(C)(C)C(O)Cc1nc(-c2ccc(F)cc2Br)no1. The molecule has 0 aliphatic rings. The molecule has 2 rings (SSSR count). The van der Waals surface area contributed by atoms with Crippen molar-refractivity contribution in [2.24, 2.45) is 5.41 Å². The van der Waals surface area contributed by atoms with E-state index < -0.39 is 6.10 Å². The summed E-state index contributed by atoms with van der Waals surface area (Å²) < 4.78 is 18.7. The molecule has 0 aliphatic heterocycles. The fourth-order valence-electron chi connectivity index (χ4n) is 1.59. The first kappa shape index (κ1) is 15.1. The van der Waals surface area contributed by atoms with E-state index in [4.69, 9.17) is 4.52 Å². The zero-order chi connectivity index (χ0) is 14.9. The largest absolute Gasteiger partial charge is 0.392 e. The van der Waals surface area contributed by atoms with Crippen molar-refractivity contribution in [2.75, 3.05) is 0 Å². The van der Waals surface area contributed by atoms with Crippen molar-refractivity contribution in [3.63, 3.8) is 0 Å². The molecule has 1 heterocycles. The van der Waals surface area contributed by atoms with E-state index >= 15 is 0 Å². The van der Waals surface area contributed by atoms with Crippen LogP contribution in [0.2, 0.25) is 0 Å². The molecule has 1 N–H and O–H groups in total. The number of benzene rings is 1. The van der Waals surface area contributed by atoms with Crippen LogP contribution in [0.5, 0.6) is 0 Å². The molecule has 4 nitrogen and oxygen atoms in total. The van der Waals surface area contributed by atoms with Gasteiger partial charge in [0.2, 0.25) is 11.7 Å².